The van der Waals surface area contributed by atoms with Crippen molar-refractivity contribution in [2.45, 2.75) is 6.42 Å². The maximum absolute atomic E-state index is 13.7. The molecule has 0 bridgehead atoms. The topological polar surface area (TPSA) is 43.5 Å². The van der Waals surface area contributed by atoms with Crippen LogP contribution in [0.15, 0.2) is 97.1 Å². The zero-order chi connectivity index (χ0) is 23.7. The fraction of sp³-hybridized carbons (Fsp3) is 0.103. The van der Waals surface area contributed by atoms with Gasteiger partial charge in [-0.2, -0.15) is 4.58 Å². The third-order valence-electron chi connectivity index (χ3n) is 6.21. The number of phenols is 1. The SMILES string of the molecule is CN1C(=O)C(Cc2ccccc2-c2ccccc2)C=[N+](c2ccc(O)cc2)c2cc(Cl)ccc21. The molecule has 5 heteroatoms. The molecule has 0 spiro atoms. The molecule has 0 radical (unpaired) electrons. The lowest BCUT2D eigenvalue weighted by atomic mass is 9.92. The first-order valence-electron chi connectivity index (χ1n) is 11.1. The van der Waals surface area contributed by atoms with Gasteiger partial charge < -0.3 is 10.0 Å². The Morgan fingerprint density at radius 3 is 2.38 bits per heavy atom. The molecule has 34 heavy (non-hydrogen) atoms. The molecule has 1 atom stereocenters. The van der Waals surface area contributed by atoms with Crippen molar-refractivity contribution in [3.05, 3.63) is 108 Å². The minimum Gasteiger partial charge on any atom is -0.508 e. The van der Waals surface area contributed by atoms with Crippen molar-refractivity contribution < 1.29 is 9.90 Å². The Balaban J connectivity index is 1.64. The van der Waals surface area contributed by atoms with Crippen LogP contribution in [0.1, 0.15) is 5.56 Å². The number of fused-ring (bicyclic) bond motifs is 1. The van der Waals surface area contributed by atoms with Crippen LogP contribution in [0.5, 0.6) is 5.75 Å². The third-order valence-corrected chi connectivity index (χ3v) is 6.44. The van der Waals surface area contributed by atoms with Crippen molar-refractivity contribution in [2.75, 3.05) is 11.9 Å². The quantitative estimate of drug-likeness (QED) is 0.350. The molecule has 5 rings (SSSR count). The summed E-state index contributed by atoms with van der Waals surface area (Å²) in [6.45, 7) is 0. The maximum atomic E-state index is 13.7. The summed E-state index contributed by atoms with van der Waals surface area (Å²) in [5, 5.41) is 10.4. The summed E-state index contributed by atoms with van der Waals surface area (Å²) in [6, 6.07) is 30.9. The normalized spacial score (nSPS) is 15.5. The van der Waals surface area contributed by atoms with Gasteiger partial charge in [-0.25, -0.2) is 0 Å². The van der Waals surface area contributed by atoms with Crippen LogP contribution in [-0.4, -0.2) is 24.3 Å². The van der Waals surface area contributed by atoms with Gasteiger partial charge in [0.05, 0.1) is 0 Å². The lowest BCUT2D eigenvalue weighted by Gasteiger charge is -2.19. The second-order valence-electron chi connectivity index (χ2n) is 8.40. The van der Waals surface area contributed by atoms with Gasteiger partial charge in [0.2, 0.25) is 17.3 Å². The van der Waals surface area contributed by atoms with Crippen molar-refractivity contribution in [3.8, 4) is 16.9 Å². The number of benzene rings is 4. The van der Waals surface area contributed by atoms with Crippen molar-refractivity contribution in [1.29, 1.82) is 0 Å². The van der Waals surface area contributed by atoms with Gasteiger partial charge in [-0.15, -0.1) is 0 Å². The van der Waals surface area contributed by atoms with E-state index in [1.807, 2.05) is 65.4 Å². The van der Waals surface area contributed by atoms with E-state index >= 15 is 0 Å². The van der Waals surface area contributed by atoms with E-state index in [1.54, 1.807) is 30.1 Å². The summed E-state index contributed by atoms with van der Waals surface area (Å²) < 4.78 is 2.00. The number of carbonyl (C=O) groups excluding carboxylic acids is 1. The van der Waals surface area contributed by atoms with Crippen LogP contribution in [0, 0.1) is 5.92 Å². The van der Waals surface area contributed by atoms with E-state index in [2.05, 4.69) is 24.3 Å². The molecular formula is C29H24ClN2O2+. The molecule has 4 nitrogen and oxygen atoms in total. The number of halogens is 1. The smallest absolute Gasteiger partial charge is 0.240 e. The molecule has 1 heterocycles. The summed E-state index contributed by atoms with van der Waals surface area (Å²) in [4.78, 5) is 15.4. The summed E-state index contributed by atoms with van der Waals surface area (Å²) in [5.74, 6) is -0.214. The Bertz CT molecular complexity index is 1380. The predicted molar refractivity (Wildman–Crippen MR) is 140 cm³/mol. The van der Waals surface area contributed by atoms with Gasteiger partial charge in [0.15, 0.2) is 6.21 Å². The van der Waals surface area contributed by atoms with Crippen molar-refractivity contribution >= 4 is 40.8 Å². The zero-order valence-electron chi connectivity index (χ0n) is 18.7. The molecule has 0 aliphatic carbocycles. The van der Waals surface area contributed by atoms with Crippen LogP contribution in [-0.2, 0) is 11.2 Å². The van der Waals surface area contributed by atoms with Gasteiger partial charge in [0, 0.05) is 30.3 Å². The van der Waals surface area contributed by atoms with Gasteiger partial charge in [-0.3, -0.25) is 4.79 Å². The number of aromatic hydroxyl groups is 1. The van der Waals surface area contributed by atoms with Crippen molar-refractivity contribution in [2.24, 2.45) is 5.92 Å². The molecule has 1 amide bonds. The van der Waals surface area contributed by atoms with E-state index in [-0.39, 0.29) is 11.7 Å². The predicted octanol–water partition coefficient (Wildman–Crippen LogP) is 6.45. The van der Waals surface area contributed by atoms with E-state index < -0.39 is 5.92 Å². The van der Waals surface area contributed by atoms with Gasteiger partial charge in [-0.05, 0) is 47.4 Å². The molecule has 0 fully saturated rings. The van der Waals surface area contributed by atoms with E-state index in [9.17, 15) is 9.90 Å². The van der Waals surface area contributed by atoms with Gasteiger partial charge in [0.1, 0.15) is 17.4 Å². The fourth-order valence-electron chi connectivity index (χ4n) is 4.48. The molecule has 168 valence electrons. The minimum atomic E-state index is -0.408. The van der Waals surface area contributed by atoms with Crippen LogP contribution >= 0.6 is 11.6 Å². The largest absolute Gasteiger partial charge is 0.508 e. The standard InChI is InChI=1S/C29H23ClN2O2/c1-31-27-16-11-23(30)18-28(27)32(24-12-14-25(33)15-13-24)19-22(29(31)34)17-21-9-5-6-10-26(21)20-7-3-2-4-8-20/h2-16,18-19,22H,17H2,1H3/p+1. The van der Waals surface area contributed by atoms with Crippen LogP contribution in [0.2, 0.25) is 5.02 Å². The van der Waals surface area contributed by atoms with E-state index in [1.165, 1.54) is 0 Å². The highest BCUT2D eigenvalue weighted by molar-refractivity contribution is 6.31. The third kappa shape index (κ3) is 4.20. The Kier molecular flexibility index (Phi) is 5.91. The number of amides is 1. The molecule has 1 aliphatic heterocycles. The number of anilines is 1. The second-order valence-corrected chi connectivity index (χ2v) is 8.84. The molecule has 1 unspecified atom stereocenters. The summed E-state index contributed by atoms with van der Waals surface area (Å²) in [6.07, 6.45) is 2.51. The average Bonchev–Trinajstić information content (AvgIpc) is 2.96. The number of rotatable bonds is 4. The van der Waals surface area contributed by atoms with E-state index in [0.29, 0.717) is 11.4 Å². The number of phenolic OH excluding ortho intramolecular Hbond substituents is 1. The van der Waals surface area contributed by atoms with E-state index in [4.69, 9.17) is 11.6 Å². The van der Waals surface area contributed by atoms with Crippen molar-refractivity contribution in [3.63, 3.8) is 0 Å². The Hall–Kier alpha value is -3.89. The lowest BCUT2D eigenvalue weighted by Crippen LogP contribution is -2.34. The van der Waals surface area contributed by atoms with Crippen LogP contribution < -0.4 is 9.48 Å². The molecule has 0 aromatic heterocycles. The van der Waals surface area contributed by atoms with Crippen LogP contribution in [0.4, 0.5) is 17.1 Å². The Morgan fingerprint density at radius 1 is 0.912 bits per heavy atom. The average molecular weight is 468 g/mol. The highest BCUT2D eigenvalue weighted by Crippen LogP contribution is 2.37. The van der Waals surface area contributed by atoms with E-state index in [0.717, 1.165) is 33.8 Å². The summed E-state index contributed by atoms with van der Waals surface area (Å²) >= 11 is 6.36. The first kappa shape index (κ1) is 21.9. The molecule has 4 aromatic rings. The molecule has 0 saturated carbocycles. The molecule has 1 N–H and O–H groups in total. The zero-order valence-corrected chi connectivity index (χ0v) is 19.5. The molecule has 4 aromatic carbocycles. The highest BCUT2D eigenvalue weighted by Gasteiger charge is 2.34. The highest BCUT2D eigenvalue weighted by atomic mass is 35.5. The number of hydrogen-bond donors (Lipinski definition) is 1. The Labute approximate surface area is 204 Å². The first-order valence-corrected chi connectivity index (χ1v) is 11.5. The molecule has 0 saturated heterocycles. The Morgan fingerprint density at radius 2 is 1.62 bits per heavy atom. The lowest BCUT2D eigenvalue weighted by molar-refractivity contribution is -0.120. The number of nitrogens with zero attached hydrogens (tertiary/aromatic N) is 2. The van der Waals surface area contributed by atoms with Gasteiger partial charge in [0.25, 0.3) is 0 Å². The van der Waals surface area contributed by atoms with Crippen LogP contribution in [0.25, 0.3) is 11.1 Å². The second kappa shape index (κ2) is 9.16. The van der Waals surface area contributed by atoms with Gasteiger partial charge >= 0.3 is 0 Å². The monoisotopic (exact) mass is 467 g/mol. The maximum Gasteiger partial charge on any atom is 0.240 e. The first-order chi connectivity index (χ1) is 16.5. The summed E-state index contributed by atoms with van der Waals surface area (Å²) in [5.41, 5.74) is 5.77. The van der Waals surface area contributed by atoms with Gasteiger partial charge in [-0.1, -0.05) is 66.2 Å². The number of hydrogen-bond acceptors (Lipinski definition) is 2. The summed E-state index contributed by atoms with van der Waals surface area (Å²) in [7, 11) is 1.80. The molecular weight excluding hydrogens is 444 g/mol. The van der Waals surface area contributed by atoms with Crippen molar-refractivity contribution in [1.82, 2.24) is 4.58 Å². The molecule has 1 aliphatic rings. The van der Waals surface area contributed by atoms with Crippen LogP contribution in [0.3, 0.4) is 0 Å². The fourth-order valence-corrected chi connectivity index (χ4v) is 4.64. The number of carbonyl (C=O) groups is 1. The minimum absolute atomic E-state index is 0.00714.